The second-order valence-electron chi connectivity index (χ2n) is 4.53. The van der Waals surface area contributed by atoms with Gasteiger partial charge >= 0.3 is 0 Å². The molecule has 1 aromatic heterocycles. The summed E-state index contributed by atoms with van der Waals surface area (Å²) in [5, 5.41) is 0.414. The third-order valence-corrected chi connectivity index (χ3v) is 6.19. The number of nitrogens with one attached hydrogen (secondary N) is 1. The molecule has 1 heterocycles. The first-order valence-corrected chi connectivity index (χ1v) is 9.11. The third kappa shape index (κ3) is 2.55. The minimum atomic E-state index is -3.70. The SMILES string of the molecule is Nc1cc(Br)ccc1S(=O)(=O)Nc1nc2c(s1)CCC2. The Kier molecular flexibility index (Phi) is 3.47. The Labute approximate surface area is 129 Å². The van der Waals surface area contributed by atoms with Crippen molar-refractivity contribution in [3.05, 3.63) is 33.2 Å². The van der Waals surface area contributed by atoms with E-state index in [4.69, 9.17) is 5.73 Å². The molecule has 2 aromatic rings. The summed E-state index contributed by atoms with van der Waals surface area (Å²) < 4.78 is 27.9. The van der Waals surface area contributed by atoms with Gasteiger partial charge in [-0.15, -0.1) is 11.3 Å². The molecule has 0 fully saturated rings. The topological polar surface area (TPSA) is 85.1 Å². The molecule has 3 N–H and O–H groups in total. The molecule has 20 heavy (non-hydrogen) atoms. The van der Waals surface area contributed by atoms with E-state index >= 15 is 0 Å². The molecule has 1 aromatic carbocycles. The summed E-state index contributed by atoms with van der Waals surface area (Å²) in [7, 11) is -3.70. The van der Waals surface area contributed by atoms with Crippen LogP contribution in [0.4, 0.5) is 10.8 Å². The van der Waals surface area contributed by atoms with Crippen LogP contribution in [0.25, 0.3) is 0 Å². The van der Waals surface area contributed by atoms with Crippen molar-refractivity contribution in [2.24, 2.45) is 0 Å². The number of nitrogens with zero attached hydrogens (tertiary/aromatic N) is 1. The van der Waals surface area contributed by atoms with Crippen molar-refractivity contribution in [3.8, 4) is 0 Å². The van der Waals surface area contributed by atoms with E-state index in [1.165, 1.54) is 22.3 Å². The number of aromatic nitrogens is 1. The van der Waals surface area contributed by atoms with Crippen LogP contribution in [0, 0.1) is 0 Å². The molecular weight excluding hydrogens is 362 g/mol. The lowest BCUT2D eigenvalue weighted by atomic mass is 10.3. The summed E-state index contributed by atoms with van der Waals surface area (Å²) in [6, 6.07) is 4.69. The molecule has 1 aliphatic carbocycles. The predicted octanol–water partition coefficient (Wildman–Crippen LogP) is 2.78. The van der Waals surface area contributed by atoms with Crippen molar-refractivity contribution < 1.29 is 8.42 Å². The number of hydrogen-bond acceptors (Lipinski definition) is 5. The van der Waals surface area contributed by atoms with E-state index in [0.29, 0.717) is 5.13 Å². The van der Waals surface area contributed by atoms with Crippen LogP contribution in [0.5, 0.6) is 0 Å². The standard InChI is InChI=1S/C12H12BrN3O2S2/c13-7-4-5-11(8(14)6-7)20(17,18)16-12-15-9-2-1-3-10(9)19-12/h4-6H,1-3,14H2,(H,15,16). The first kappa shape index (κ1) is 13.8. The van der Waals surface area contributed by atoms with Gasteiger partial charge in [0.05, 0.1) is 11.4 Å². The fraction of sp³-hybridized carbons (Fsp3) is 0.250. The summed E-state index contributed by atoms with van der Waals surface area (Å²) in [5.74, 6) is 0. The number of aryl methyl sites for hydroxylation is 2. The lowest BCUT2D eigenvalue weighted by Gasteiger charge is -2.08. The van der Waals surface area contributed by atoms with Gasteiger partial charge in [0.2, 0.25) is 0 Å². The highest BCUT2D eigenvalue weighted by molar-refractivity contribution is 9.10. The molecule has 5 nitrogen and oxygen atoms in total. The molecule has 106 valence electrons. The van der Waals surface area contributed by atoms with Crippen molar-refractivity contribution in [1.29, 1.82) is 0 Å². The van der Waals surface area contributed by atoms with Crippen LogP contribution < -0.4 is 10.5 Å². The normalized spacial score (nSPS) is 14.2. The summed E-state index contributed by atoms with van der Waals surface area (Å²) in [5.41, 5.74) is 6.98. The van der Waals surface area contributed by atoms with Gasteiger partial charge in [-0.2, -0.15) is 0 Å². The second kappa shape index (κ2) is 5.01. The molecule has 0 spiro atoms. The highest BCUT2D eigenvalue weighted by Crippen LogP contribution is 2.32. The maximum atomic E-state index is 12.3. The molecule has 0 saturated carbocycles. The average Bonchev–Trinajstić information content (AvgIpc) is 2.87. The van der Waals surface area contributed by atoms with E-state index < -0.39 is 10.0 Å². The Morgan fingerprint density at radius 3 is 2.85 bits per heavy atom. The van der Waals surface area contributed by atoms with Crippen LogP contribution >= 0.6 is 27.3 Å². The van der Waals surface area contributed by atoms with Crippen LogP contribution in [-0.4, -0.2) is 13.4 Å². The highest BCUT2D eigenvalue weighted by atomic mass is 79.9. The first-order valence-electron chi connectivity index (χ1n) is 6.02. The zero-order chi connectivity index (χ0) is 14.3. The first-order chi connectivity index (χ1) is 9.45. The van der Waals surface area contributed by atoms with Gasteiger partial charge in [0, 0.05) is 9.35 Å². The molecule has 0 aliphatic heterocycles. The van der Waals surface area contributed by atoms with Gasteiger partial charge in [-0.1, -0.05) is 15.9 Å². The Hall–Kier alpha value is -1.12. The van der Waals surface area contributed by atoms with Gasteiger partial charge in [0.1, 0.15) is 4.90 Å². The summed E-state index contributed by atoms with van der Waals surface area (Å²) in [6.45, 7) is 0. The summed E-state index contributed by atoms with van der Waals surface area (Å²) in [6.07, 6.45) is 3.00. The number of anilines is 2. The van der Waals surface area contributed by atoms with Gasteiger partial charge in [0.15, 0.2) is 5.13 Å². The van der Waals surface area contributed by atoms with Crippen molar-refractivity contribution in [3.63, 3.8) is 0 Å². The van der Waals surface area contributed by atoms with Crippen molar-refractivity contribution in [1.82, 2.24) is 4.98 Å². The van der Waals surface area contributed by atoms with Crippen molar-refractivity contribution in [2.45, 2.75) is 24.2 Å². The monoisotopic (exact) mass is 373 g/mol. The smallest absolute Gasteiger partial charge is 0.265 e. The number of benzene rings is 1. The highest BCUT2D eigenvalue weighted by Gasteiger charge is 2.22. The van der Waals surface area contributed by atoms with Gasteiger partial charge < -0.3 is 5.73 Å². The van der Waals surface area contributed by atoms with Gasteiger partial charge in [0.25, 0.3) is 10.0 Å². The number of nitrogens with two attached hydrogens (primary N) is 1. The lowest BCUT2D eigenvalue weighted by molar-refractivity contribution is 0.601. The number of halogens is 1. The number of fused-ring (bicyclic) bond motifs is 1. The van der Waals surface area contributed by atoms with Crippen LogP contribution in [0.3, 0.4) is 0 Å². The van der Waals surface area contributed by atoms with Gasteiger partial charge in [-0.25, -0.2) is 13.4 Å². The number of hydrogen-bond donors (Lipinski definition) is 2. The van der Waals surface area contributed by atoms with Crippen molar-refractivity contribution in [2.75, 3.05) is 10.5 Å². The van der Waals surface area contributed by atoms with E-state index in [0.717, 1.165) is 29.4 Å². The van der Waals surface area contributed by atoms with Crippen LogP contribution in [0.2, 0.25) is 0 Å². The molecule has 0 saturated heterocycles. The second-order valence-corrected chi connectivity index (χ2v) is 8.18. The molecule has 0 bridgehead atoms. The minimum Gasteiger partial charge on any atom is -0.398 e. The number of nitrogen functional groups attached to an aromatic ring is 1. The fourth-order valence-corrected chi connectivity index (χ4v) is 4.95. The Bertz CT molecular complexity index is 750. The van der Waals surface area contributed by atoms with E-state index in [2.05, 4.69) is 25.6 Å². The summed E-state index contributed by atoms with van der Waals surface area (Å²) in [4.78, 5) is 5.57. The van der Waals surface area contributed by atoms with Crippen LogP contribution in [0.15, 0.2) is 27.6 Å². The van der Waals surface area contributed by atoms with E-state index in [9.17, 15) is 8.42 Å². The molecule has 3 rings (SSSR count). The van der Waals surface area contributed by atoms with E-state index in [1.807, 2.05) is 0 Å². The fourth-order valence-electron chi connectivity index (χ4n) is 2.17. The predicted molar refractivity (Wildman–Crippen MR) is 83.5 cm³/mol. The minimum absolute atomic E-state index is 0.0658. The maximum Gasteiger partial charge on any atom is 0.265 e. The summed E-state index contributed by atoms with van der Waals surface area (Å²) >= 11 is 4.66. The maximum absolute atomic E-state index is 12.3. The lowest BCUT2D eigenvalue weighted by Crippen LogP contribution is -2.14. The van der Waals surface area contributed by atoms with E-state index in [-0.39, 0.29) is 10.6 Å². The van der Waals surface area contributed by atoms with E-state index in [1.54, 1.807) is 12.1 Å². The number of thiazole rings is 1. The Morgan fingerprint density at radius 1 is 1.35 bits per heavy atom. The molecule has 0 radical (unpaired) electrons. The van der Waals surface area contributed by atoms with Crippen LogP contribution in [-0.2, 0) is 22.9 Å². The van der Waals surface area contributed by atoms with Crippen molar-refractivity contribution >= 4 is 48.1 Å². The van der Waals surface area contributed by atoms with Crippen LogP contribution in [0.1, 0.15) is 17.0 Å². The quantitative estimate of drug-likeness (QED) is 0.809. The van der Waals surface area contributed by atoms with Gasteiger partial charge in [-0.05, 0) is 37.5 Å². The number of rotatable bonds is 3. The molecule has 1 aliphatic rings. The molecule has 0 unspecified atom stereocenters. The molecule has 0 amide bonds. The molecular formula is C12H12BrN3O2S2. The third-order valence-electron chi connectivity index (χ3n) is 3.08. The van der Waals surface area contributed by atoms with Gasteiger partial charge in [-0.3, -0.25) is 4.72 Å². The largest absolute Gasteiger partial charge is 0.398 e. The Balaban J connectivity index is 1.91. The molecule has 0 atom stereocenters. The Morgan fingerprint density at radius 2 is 2.15 bits per heavy atom. The molecule has 8 heteroatoms. The zero-order valence-electron chi connectivity index (χ0n) is 10.4. The number of sulfonamides is 1. The zero-order valence-corrected chi connectivity index (χ0v) is 13.6. The average molecular weight is 374 g/mol.